The standard InChI is InChI=1S/C32H30N8O4S/c1-19(24-13-22-15-33-9-8-23(22)37-24)36-32(43)25-12-20(17-39-11-10-35-38-39)18-40(25)30(41)16-34-31(42)21-6-7-29-27(14-21)44-26-4-2-3-5-28(26)45-29/h2-11,13-15,19-20,25,37H,12,16-18H2,1H3,(H,34,42)(H,36,43)/t19-,20+,25+/m1/s1. The number of amides is 3. The van der Waals surface area contributed by atoms with Crippen LogP contribution < -0.4 is 15.4 Å². The molecule has 0 unspecified atom stereocenters. The molecule has 3 aromatic heterocycles. The van der Waals surface area contributed by atoms with Gasteiger partial charge in [-0.2, -0.15) is 0 Å². The number of fused-ring (bicyclic) bond motifs is 3. The Morgan fingerprint density at radius 2 is 1.96 bits per heavy atom. The molecule has 2 aliphatic rings. The maximum atomic E-state index is 13.6. The van der Waals surface area contributed by atoms with Crippen LogP contribution in [0.15, 0.2) is 89.2 Å². The average Bonchev–Trinajstić information content (AvgIpc) is 3.82. The van der Waals surface area contributed by atoms with Crippen LogP contribution in [0, 0.1) is 5.92 Å². The molecule has 3 N–H and O–H groups in total. The van der Waals surface area contributed by atoms with E-state index >= 15 is 0 Å². The van der Waals surface area contributed by atoms with Gasteiger partial charge in [0, 0.05) is 53.8 Å². The van der Waals surface area contributed by atoms with Gasteiger partial charge in [-0.3, -0.25) is 24.0 Å². The lowest BCUT2D eigenvalue weighted by atomic mass is 10.0. The summed E-state index contributed by atoms with van der Waals surface area (Å²) in [6.07, 6.45) is 7.28. The number of aromatic nitrogens is 5. The summed E-state index contributed by atoms with van der Waals surface area (Å²) >= 11 is 1.58. The number of H-pyrrole nitrogens is 1. The Morgan fingerprint density at radius 1 is 1.09 bits per heavy atom. The van der Waals surface area contributed by atoms with Crippen molar-refractivity contribution in [1.82, 2.24) is 40.5 Å². The number of pyridine rings is 1. The number of hydrogen-bond donors (Lipinski definition) is 3. The van der Waals surface area contributed by atoms with Crippen LogP contribution in [-0.2, 0) is 16.1 Å². The molecule has 0 saturated carbocycles. The van der Waals surface area contributed by atoms with E-state index in [1.165, 1.54) is 0 Å². The smallest absolute Gasteiger partial charge is 0.251 e. The van der Waals surface area contributed by atoms with E-state index in [1.807, 2.05) is 49.4 Å². The van der Waals surface area contributed by atoms with Crippen molar-refractivity contribution in [3.8, 4) is 11.5 Å². The topological polar surface area (TPSA) is 147 Å². The Morgan fingerprint density at radius 3 is 2.80 bits per heavy atom. The Kier molecular flexibility index (Phi) is 7.67. The Balaban J connectivity index is 1.02. The third kappa shape index (κ3) is 5.98. The summed E-state index contributed by atoms with van der Waals surface area (Å²) in [5.74, 6) is 0.301. The van der Waals surface area contributed by atoms with Crippen molar-refractivity contribution < 1.29 is 19.1 Å². The lowest BCUT2D eigenvalue weighted by Gasteiger charge is -2.25. The first-order valence-electron chi connectivity index (χ1n) is 14.6. The third-order valence-corrected chi connectivity index (χ3v) is 9.20. The number of rotatable bonds is 8. The van der Waals surface area contributed by atoms with E-state index in [1.54, 1.807) is 58.3 Å². The number of aromatic amines is 1. The molecule has 2 aromatic carbocycles. The van der Waals surface area contributed by atoms with Crippen molar-refractivity contribution in [3.05, 3.63) is 90.6 Å². The maximum Gasteiger partial charge on any atom is 0.251 e. The van der Waals surface area contributed by atoms with Gasteiger partial charge in [-0.15, -0.1) is 5.10 Å². The Labute approximate surface area is 262 Å². The van der Waals surface area contributed by atoms with Crippen LogP contribution in [0.4, 0.5) is 0 Å². The number of nitrogens with one attached hydrogen (secondary N) is 3. The van der Waals surface area contributed by atoms with E-state index in [-0.39, 0.29) is 30.3 Å². The molecule has 1 saturated heterocycles. The van der Waals surface area contributed by atoms with Gasteiger partial charge in [0.1, 0.15) is 17.5 Å². The molecule has 5 heterocycles. The fourth-order valence-corrected chi connectivity index (χ4v) is 6.75. The Hall–Kier alpha value is -5.17. The third-order valence-electron chi connectivity index (χ3n) is 8.09. The zero-order valence-corrected chi connectivity index (χ0v) is 25.2. The predicted octanol–water partition coefficient (Wildman–Crippen LogP) is 3.94. The quantitative estimate of drug-likeness (QED) is 0.231. The van der Waals surface area contributed by atoms with E-state index in [4.69, 9.17) is 4.74 Å². The van der Waals surface area contributed by atoms with Gasteiger partial charge >= 0.3 is 0 Å². The van der Waals surface area contributed by atoms with Gasteiger partial charge in [0.25, 0.3) is 5.91 Å². The summed E-state index contributed by atoms with van der Waals surface area (Å²) in [4.78, 5) is 51.2. The number of likely N-dealkylation sites (tertiary alicyclic amines) is 1. The minimum absolute atomic E-state index is 0.0188. The van der Waals surface area contributed by atoms with Gasteiger partial charge in [0.2, 0.25) is 11.8 Å². The molecular weight excluding hydrogens is 592 g/mol. The van der Waals surface area contributed by atoms with E-state index in [0.717, 1.165) is 32.1 Å². The molecule has 13 heteroatoms. The van der Waals surface area contributed by atoms with Gasteiger partial charge in [0.15, 0.2) is 0 Å². The van der Waals surface area contributed by atoms with Crippen molar-refractivity contribution in [2.24, 2.45) is 5.92 Å². The first kappa shape index (κ1) is 28.6. The second-order valence-electron chi connectivity index (χ2n) is 11.2. The molecule has 3 amide bonds. The van der Waals surface area contributed by atoms with Gasteiger partial charge in [0.05, 0.1) is 28.6 Å². The number of carbonyl (C=O) groups excluding carboxylic acids is 3. The van der Waals surface area contributed by atoms with Crippen LogP contribution in [0.2, 0.25) is 0 Å². The fraction of sp³-hybridized carbons (Fsp3) is 0.250. The molecule has 12 nitrogen and oxygen atoms in total. The molecular formula is C32H30N8O4S. The lowest BCUT2D eigenvalue weighted by molar-refractivity contribution is -0.138. The highest BCUT2D eigenvalue weighted by Crippen LogP contribution is 2.46. The highest BCUT2D eigenvalue weighted by molar-refractivity contribution is 7.99. The van der Waals surface area contributed by atoms with Crippen LogP contribution >= 0.6 is 11.8 Å². The number of ether oxygens (including phenoxy) is 1. The number of para-hydroxylation sites is 1. The van der Waals surface area contributed by atoms with E-state index in [9.17, 15) is 14.4 Å². The molecule has 228 valence electrons. The Bertz CT molecular complexity index is 1860. The largest absolute Gasteiger partial charge is 0.455 e. The van der Waals surface area contributed by atoms with Gasteiger partial charge < -0.3 is 25.3 Å². The predicted molar refractivity (Wildman–Crippen MR) is 166 cm³/mol. The highest BCUT2D eigenvalue weighted by Gasteiger charge is 2.40. The normalized spacial score (nSPS) is 17.7. The van der Waals surface area contributed by atoms with Crippen molar-refractivity contribution in [1.29, 1.82) is 0 Å². The minimum Gasteiger partial charge on any atom is -0.455 e. The SMILES string of the molecule is C[C@@H](NC(=O)[C@@H]1C[C@@H](Cn2ccnn2)CN1C(=O)CNC(=O)c1ccc2c(c1)Oc1ccccc1S2)c1cc2cnccc2[nH]1. The first-order chi connectivity index (χ1) is 21.9. The number of hydrogen-bond acceptors (Lipinski definition) is 8. The summed E-state index contributed by atoms with van der Waals surface area (Å²) in [5.41, 5.74) is 2.14. The molecule has 0 spiro atoms. The molecule has 0 aliphatic carbocycles. The monoisotopic (exact) mass is 622 g/mol. The molecule has 0 bridgehead atoms. The molecule has 1 fully saturated rings. The summed E-state index contributed by atoms with van der Waals surface area (Å²) < 4.78 is 7.71. The van der Waals surface area contributed by atoms with Crippen molar-refractivity contribution >= 4 is 40.4 Å². The second kappa shape index (κ2) is 12.1. The van der Waals surface area contributed by atoms with E-state index < -0.39 is 11.9 Å². The van der Waals surface area contributed by atoms with Crippen LogP contribution in [0.1, 0.15) is 35.4 Å². The molecule has 2 aliphatic heterocycles. The zero-order valence-electron chi connectivity index (χ0n) is 24.3. The van der Waals surface area contributed by atoms with Crippen LogP contribution in [0.3, 0.4) is 0 Å². The van der Waals surface area contributed by atoms with Crippen molar-refractivity contribution in [2.75, 3.05) is 13.1 Å². The zero-order chi connectivity index (χ0) is 30.9. The number of benzene rings is 2. The van der Waals surface area contributed by atoms with Crippen LogP contribution in [0.5, 0.6) is 11.5 Å². The first-order valence-corrected chi connectivity index (χ1v) is 15.5. The van der Waals surface area contributed by atoms with Crippen molar-refractivity contribution in [2.45, 2.75) is 41.8 Å². The lowest BCUT2D eigenvalue weighted by Crippen LogP contribution is -2.49. The second-order valence-corrected chi connectivity index (χ2v) is 12.3. The van der Waals surface area contributed by atoms with Crippen LogP contribution in [0.25, 0.3) is 10.9 Å². The molecule has 5 aromatic rings. The minimum atomic E-state index is -0.703. The van der Waals surface area contributed by atoms with Gasteiger partial charge in [-0.25, -0.2) is 0 Å². The molecule has 3 atom stereocenters. The van der Waals surface area contributed by atoms with Gasteiger partial charge in [-0.1, -0.05) is 29.1 Å². The molecule has 45 heavy (non-hydrogen) atoms. The van der Waals surface area contributed by atoms with Gasteiger partial charge in [-0.05, 0) is 61.7 Å². The maximum absolute atomic E-state index is 13.6. The van der Waals surface area contributed by atoms with E-state index in [0.29, 0.717) is 30.8 Å². The number of carbonyl (C=O) groups is 3. The summed E-state index contributed by atoms with van der Waals surface area (Å²) in [6, 6.07) is 15.8. The summed E-state index contributed by atoms with van der Waals surface area (Å²) in [7, 11) is 0. The van der Waals surface area contributed by atoms with Crippen LogP contribution in [-0.4, -0.2) is 66.7 Å². The summed E-state index contributed by atoms with van der Waals surface area (Å²) in [5, 5.41) is 14.7. The van der Waals surface area contributed by atoms with E-state index in [2.05, 4.69) is 30.9 Å². The average molecular weight is 623 g/mol. The number of nitrogens with zero attached hydrogens (tertiary/aromatic N) is 5. The highest BCUT2D eigenvalue weighted by atomic mass is 32.2. The summed E-state index contributed by atoms with van der Waals surface area (Å²) in [6.45, 7) is 2.51. The molecule has 0 radical (unpaired) electrons. The van der Waals surface area contributed by atoms with Crippen molar-refractivity contribution in [3.63, 3.8) is 0 Å². The fourth-order valence-electron chi connectivity index (χ4n) is 5.82. The molecule has 7 rings (SSSR count).